The van der Waals surface area contributed by atoms with Crippen molar-refractivity contribution in [2.75, 3.05) is 6.61 Å². The van der Waals surface area contributed by atoms with E-state index in [1.165, 1.54) is 0 Å². The van der Waals surface area contributed by atoms with Crippen molar-refractivity contribution >= 4 is 0 Å². The number of hydrogen-bond acceptors (Lipinski definition) is 5. The average molecular weight is 261 g/mol. The molecule has 0 bridgehead atoms. The molecule has 2 rings (SSSR count). The molecule has 0 aromatic carbocycles. The largest absolute Gasteiger partial charge is 0.396 e. The lowest BCUT2D eigenvalue weighted by atomic mass is 10.2. The van der Waals surface area contributed by atoms with Crippen LogP contribution in [-0.2, 0) is 6.42 Å². The molecule has 3 N–H and O–H groups in total. The first-order valence-corrected chi connectivity index (χ1v) is 5.49. The van der Waals surface area contributed by atoms with Gasteiger partial charge in [0.15, 0.2) is 0 Å². The molecule has 0 aliphatic carbocycles. The second-order valence-corrected chi connectivity index (χ2v) is 3.89. The summed E-state index contributed by atoms with van der Waals surface area (Å²) < 4.78 is 1.07. The van der Waals surface area contributed by atoms with Crippen LogP contribution in [0, 0.1) is 18.3 Å². The Balaban J connectivity index is 2.58. The van der Waals surface area contributed by atoms with E-state index in [0.29, 0.717) is 11.3 Å². The summed E-state index contributed by atoms with van der Waals surface area (Å²) >= 11 is 0. The summed E-state index contributed by atoms with van der Waals surface area (Å²) in [6, 6.07) is 1.69. The van der Waals surface area contributed by atoms with E-state index in [2.05, 4.69) is 15.1 Å². The summed E-state index contributed by atoms with van der Waals surface area (Å²) in [6.45, 7) is 1.54. The molecule has 19 heavy (non-hydrogen) atoms. The molecular formula is C11H11N5O3. The molecular weight excluding hydrogens is 250 g/mol. The van der Waals surface area contributed by atoms with Gasteiger partial charge in [-0.2, -0.15) is 9.94 Å². The predicted octanol–water partition coefficient (Wildman–Crippen LogP) is -1.04. The molecule has 0 saturated heterocycles. The highest BCUT2D eigenvalue weighted by Crippen LogP contribution is 2.02. The average Bonchev–Trinajstić information content (AvgIpc) is 2.67. The maximum absolute atomic E-state index is 12.0. The van der Waals surface area contributed by atoms with Crippen LogP contribution in [0.3, 0.4) is 0 Å². The first-order chi connectivity index (χ1) is 9.08. The summed E-state index contributed by atoms with van der Waals surface area (Å²) in [5.74, 6) is 0.00119. The Morgan fingerprint density at radius 2 is 2.26 bits per heavy atom. The second kappa shape index (κ2) is 4.91. The fourth-order valence-corrected chi connectivity index (χ4v) is 1.72. The Kier molecular flexibility index (Phi) is 3.31. The van der Waals surface area contributed by atoms with Gasteiger partial charge < -0.3 is 5.11 Å². The third kappa shape index (κ3) is 2.19. The van der Waals surface area contributed by atoms with Crippen LogP contribution in [0.5, 0.6) is 0 Å². The molecule has 8 heteroatoms. The monoisotopic (exact) mass is 261 g/mol. The van der Waals surface area contributed by atoms with Crippen molar-refractivity contribution in [3.8, 4) is 12.0 Å². The van der Waals surface area contributed by atoms with Crippen molar-refractivity contribution < 1.29 is 5.11 Å². The first kappa shape index (κ1) is 12.8. The number of aryl methyl sites for hydroxylation is 1. The number of aromatic amines is 2. The van der Waals surface area contributed by atoms with Crippen molar-refractivity contribution in [3.05, 3.63) is 43.7 Å². The number of aromatic nitrogens is 4. The standard InChI is InChI=1S/C11H11N5O3/c1-6-8(2-3-17)10(19)16(15-6)11-13-5-7(4-12)9(18)14-11/h5,15,17H,2-3H2,1H3,(H,13,14,18). The van der Waals surface area contributed by atoms with E-state index in [1.807, 2.05) is 0 Å². The maximum Gasteiger partial charge on any atom is 0.277 e. The molecule has 8 nitrogen and oxygen atoms in total. The topological polar surface area (TPSA) is 128 Å². The van der Waals surface area contributed by atoms with Crippen LogP contribution in [0.1, 0.15) is 16.8 Å². The van der Waals surface area contributed by atoms with Gasteiger partial charge in [-0.1, -0.05) is 0 Å². The molecule has 0 saturated carbocycles. The van der Waals surface area contributed by atoms with Gasteiger partial charge in [0.2, 0.25) is 5.95 Å². The van der Waals surface area contributed by atoms with Crippen LogP contribution >= 0.6 is 0 Å². The minimum Gasteiger partial charge on any atom is -0.396 e. The van der Waals surface area contributed by atoms with Crippen LogP contribution in [0.4, 0.5) is 0 Å². The van der Waals surface area contributed by atoms with E-state index in [0.717, 1.165) is 10.9 Å². The van der Waals surface area contributed by atoms with E-state index in [1.54, 1.807) is 13.0 Å². The van der Waals surface area contributed by atoms with Gasteiger partial charge in [-0.25, -0.2) is 4.98 Å². The molecule has 0 radical (unpaired) electrons. The Bertz CT molecular complexity index is 762. The highest BCUT2D eigenvalue weighted by Gasteiger charge is 2.13. The lowest BCUT2D eigenvalue weighted by molar-refractivity contribution is 0.299. The van der Waals surface area contributed by atoms with Crippen molar-refractivity contribution in [1.29, 1.82) is 5.26 Å². The van der Waals surface area contributed by atoms with Gasteiger partial charge in [-0.15, -0.1) is 0 Å². The number of nitrogens with zero attached hydrogens (tertiary/aromatic N) is 3. The fourth-order valence-electron chi connectivity index (χ4n) is 1.72. The molecule has 98 valence electrons. The number of hydrogen-bond donors (Lipinski definition) is 3. The summed E-state index contributed by atoms with van der Waals surface area (Å²) in [7, 11) is 0. The number of H-pyrrole nitrogens is 2. The van der Waals surface area contributed by atoms with Crippen LogP contribution in [0.15, 0.2) is 15.8 Å². The lowest BCUT2D eigenvalue weighted by Gasteiger charge is -1.99. The molecule has 2 heterocycles. The predicted molar refractivity (Wildman–Crippen MR) is 65.0 cm³/mol. The SMILES string of the molecule is Cc1[nH]n(-c2ncc(C#N)c(=O)[nH]2)c(=O)c1CCO. The number of nitriles is 1. The van der Waals surface area contributed by atoms with E-state index in [4.69, 9.17) is 10.4 Å². The minimum atomic E-state index is -0.615. The maximum atomic E-state index is 12.0. The molecule has 0 spiro atoms. The normalized spacial score (nSPS) is 10.4. The summed E-state index contributed by atoms with van der Waals surface area (Å²) in [6.07, 6.45) is 1.32. The molecule has 0 unspecified atom stereocenters. The molecule has 0 aliphatic heterocycles. The summed E-state index contributed by atoms with van der Waals surface area (Å²) in [5, 5.41) is 20.3. The highest BCUT2D eigenvalue weighted by molar-refractivity contribution is 5.26. The van der Waals surface area contributed by atoms with Gasteiger partial charge in [-0.05, 0) is 6.92 Å². The third-order valence-corrected chi connectivity index (χ3v) is 2.67. The van der Waals surface area contributed by atoms with E-state index >= 15 is 0 Å². The fraction of sp³-hybridized carbons (Fsp3) is 0.273. The first-order valence-electron chi connectivity index (χ1n) is 5.49. The quantitative estimate of drug-likeness (QED) is 0.650. The van der Waals surface area contributed by atoms with Gasteiger partial charge in [-0.3, -0.25) is 19.7 Å². The van der Waals surface area contributed by atoms with Crippen molar-refractivity contribution in [1.82, 2.24) is 19.7 Å². The van der Waals surface area contributed by atoms with Gasteiger partial charge in [0, 0.05) is 24.3 Å². The molecule has 0 amide bonds. The van der Waals surface area contributed by atoms with E-state index in [-0.39, 0.29) is 30.1 Å². The van der Waals surface area contributed by atoms with E-state index in [9.17, 15) is 9.59 Å². The summed E-state index contributed by atoms with van der Waals surface area (Å²) in [5.41, 5.74) is -0.119. The van der Waals surface area contributed by atoms with Gasteiger partial charge in [0.25, 0.3) is 11.1 Å². The smallest absolute Gasteiger partial charge is 0.277 e. The minimum absolute atomic E-state index is 0.00119. The lowest BCUT2D eigenvalue weighted by Crippen LogP contribution is -2.23. The zero-order valence-corrected chi connectivity index (χ0v) is 10.1. The molecule has 0 aliphatic rings. The van der Waals surface area contributed by atoms with Crippen molar-refractivity contribution in [2.45, 2.75) is 13.3 Å². The Morgan fingerprint density at radius 1 is 1.53 bits per heavy atom. The molecule has 0 fully saturated rings. The number of rotatable bonds is 3. The van der Waals surface area contributed by atoms with Crippen molar-refractivity contribution in [3.63, 3.8) is 0 Å². The van der Waals surface area contributed by atoms with Gasteiger partial charge >= 0.3 is 0 Å². The molecule has 2 aromatic heterocycles. The van der Waals surface area contributed by atoms with Crippen LogP contribution in [0.2, 0.25) is 0 Å². The van der Waals surface area contributed by atoms with Crippen molar-refractivity contribution in [2.24, 2.45) is 0 Å². The number of nitrogens with one attached hydrogen (secondary N) is 2. The highest BCUT2D eigenvalue weighted by atomic mass is 16.3. The van der Waals surface area contributed by atoms with Crippen LogP contribution in [0.25, 0.3) is 5.95 Å². The van der Waals surface area contributed by atoms with E-state index < -0.39 is 5.56 Å². The Morgan fingerprint density at radius 3 is 2.84 bits per heavy atom. The second-order valence-electron chi connectivity index (χ2n) is 3.89. The molecule has 2 aromatic rings. The zero-order chi connectivity index (χ0) is 14.0. The van der Waals surface area contributed by atoms with Crippen LogP contribution in [-0.4, -0.2) is 31.5 Å². The molecule has 0 atom stereocenters. The van der Waals surface area contributed by atoms with Gasteiger partial charge in [0.05, 0.1) is 6.20 Å². The van der Waals surface area contributed by atoms with Crippen LogP contribution < -0.4 is 11.1 Å². The Labute approximate surface area is 107 Å². The summed E-state index contributed by atoms with van der Waals surface area (Å²) in [4.78, 5) is 29.7. The zero-order valence-electron chi connectivity index (χ0n) is 10.1. The number of aliphatic hydroxyl groups excluding tert-OH is 1. The Hall–Kier alpha value is -2.66. The van der Waals surface area contributed by atoms with Gasteiger partial charge in [0.1, 0.15) is 11.6 Å². The number of aliphatic hydroxyl groups is 1. The third-order valence-electron chi connectivity index (χ3n) is 2.67.